The van der Waals surface area contributed by atoms with Crippen molar-refractivity contribution in [3.05, 3.63) is 11.9 Å². The average Bonchev–Trinajstić information content (AvgIpc) is 2.53. The number of aromatic amines is 1. The topological polar surface area (TPSA) is 58.1 Å². The summed E-state index contributed by atoms with van der Waals surface area (Å²) in [6, 6.07) is 0. The predicted molar refractivity (Wildman–Crippen MR) is 43.0 cm³/mol. The van der Waals surface area contributed by atoms with Crippen molar-refractivity contribution in [2.45, 2.75) is 18.8 Å². The Balaban J connectivity index is 2.13. The SMILES string of the molecule is Oc1c[nH]nc1C1CCOCC1. The lowest BCUT2D eigenvalue weighted by atomic mass is 9.96. The Bertz CT molecular complexity index is 253. The van der Waals surface area contributed by atoms with Gasteiger partial charge in [0.15, 0.2) is 5.75 Å². The second-order valence-corrected chi connectivity index (χ2v) is 3.04. The molecule has 2 N–H and O–H groups in total. The standard InChI is InChI=1S/C8H12N2O2/c11-7-5-9-10-8(7)6-1-3-12-4-2-6/h5-6,11H,1-4H2,(H,9,10). The van der Waals surface area contributed by atoms with Crippen LogP contribution in [0, 0.1) is 0 Å². The van der Waals surface area contributed by atoms with E-state index in [4.69, 9.17) is 4.74 Å². The first-order valence-corrected chi connectivity index (χ1v) is 4.18. The molecule has 1 aromatic heterocycles. The smallest absolute Gasteiger partial charge is 0.156 e. The summed E-state index contributed by atoms with van der Waals surface area (Å²) >= 11 is 0. The van der Waals surface area contributed by atoms with E-state index in [1.165, 1.54) is 6.20 Å². The summed E-state index contributed by atoms with van der Waals surface area (Å²) in [6.45, 7) is 1.55. The zero-order valence-corrected chi connectivity index (χ0v) is 6.79. The Kier molecular flexibility index (Phi) is 1.99. The Morgan fingerprint density at radius 1 is 1.50 bits per heavy atom. The number of H-pyrrole nitrogens is 1. The number of ether oxygens (including phenoxy) is 1. The molecule has 0 radical (unpaired) electrons. The van der Waals surface area contributed by atoms with Crippen molar-refractivity contribution < 1.29 is 9.84 Å². The van der Waals surface area contributed by atoms with Gasteiger partial charge in [0.05, 0.1) is 6.20 Å². The predicted octanol–water partition coefficient (Wildman–Crippen LogP) is 1.01. The van der Waals surface area contributed by atoms with Crippen LogP contribution in [0.25, 0.3) is 0 Å². The first kappa shape index (κ1) is 7.61. The summed E-state index contributed by atoms with van der Waals surface area (Å²) in [7, 11) is 0. The van der Waals surface area contributed by atoms with Crippen LogP contribution in [0.2, 0.25) is 0 Å². The van der Waals surface area contributed by atoms with Crippen LogP contribution < -0.4 is 0 Å². The van der Waals surface area contributed by atoms with E-state index in [0.717, 1.165) is 31.7 Å². The highest BCUT2D eigenvalue weighted by atomic mass is 16.5. The fourth-order valence-corrected chi connectivity index (χ4v) is 1.57. The number of nitrogens with one attached hydrogen (secondary N) is 1. The molecule has 4 nitrogen and oxygen atoms in total. The Morgan fingerprint density at radius 3 is 2.83 bits per heavy atom. The third-order valence-corrected chi connectivity index (χ3v) is 2.26. The largest absolute Gasteiger partial charge is 0.504 e. The third-order valence-electron chi connectivity index (χ3n) is 2.26. The van der Waals surface area contributed by atoms with Crippen molar-refractivity contribution in [1.82, 2.24) is 10.2 Å². The molecule has 0 unspecified atom stereocenters. The molecule has 0 saturated carbocycles. The van der Waals surface area contributed by atoms with Gasteiger partial charge in [-0.1, -0.05) is 0 Å². The molecule has 0 spiro atoms. The van der Waals surface area contributed by atoms with E-state index in [-0.39, 0.29) is 5.75 Å². The van der Waals surface area contributed by atoms with Gasteiger partial charge in [-0.05, 0) is 12.8 Å². The quantitative estimate of drug-likeness (QED) is 0.658. The molecule has 0 aliphatic carbocycles. The molecular formula is C8H12N2O2. The van der Waals surface area contributed by atoms with Crippen molar-refractivity contribution in [3.63, 3.8) is 0 Å². The average molecular weight is 168 g/mol. The van der Waals surface area contributed by atoms with Gasteiger partial charge in [0.1, 0.15) is 5.69 Å². The summed E-state index contributed by atoms with van der Waals surface area (Å²) in [6.07, 6.45) is 3.43. The van der Waals surface area contributed by atoms with Crippen molar-refractivity contribution in [2.24, 2.45) is 0 Å². The summed E-state index contributed by atoms with van der Waals surface area (Å²) in [4.78, 5) is 0. The molecule has 1 aromatic rings. The van der Waals surface area contributed by atoms with Gasteiger partial charge >= 0.3 is 0 Å². The Labute approximate surface area is 70.6 Å². The highest BCUT2D eigenvalue weighted by molar-refractivity contribution is 5.25. The molecule has 0 atom stereocenters. The van der Waals surface area contributed by atoms with Crippen molar-refractivity contribution in [1.29, 1.82) is 0 Å². The molecule has 4 heteroatoms. The lowest BCUT2D eigenvalue weighted by Crippen LogP contribution is -2.14. The molecule has 2 heterocycles. The number of rotatable bonds is 1. The van der Waals surface area contributed by atoms with Crippen LogP contribution in [0.1, 0.15) is 24.5 Å². The van der Waals surface area contributed by atoms with E-state index in [9.17, 15) is 5.11 Å². The van der Waals surface area contributed by atoms with Crippen LogP contribution >= 0.6 is 0 Å². The van der Waals surface area contributed by atoms with E-state index in [1.54, 1.807) is 0 Å². The second-order valence-electron chi connectivity index (χ2n) is 3.04. The fraction of sp³-hybridized carbons (Fsp3) is 0.625. The molecule has 66 valence electrons. The molecule has 2 rings (SSSR count). The van der Waals surface area contributed by atoms with Crippen molar-refractivity contribution >= 4 is 0 Å². The van der Waals surface area contributed by atoms with Gasteiger partial charge in [-0.25, -0.2) is 0 Å². The lowest BCUT2D eigenvalue weighted by Gasteiger charge is -2.20. The summed E-state index contributed by atoms with van der Waals surface area (Å²) < 4.78 is 5.22. The van der Waals surface area contributed by atoms with Gasteiger partial charge in [0.2, 0.25) is 0 Å². The summed E-state index contributed by atoms with van der Waals surface area (Å²) in [5.74, 6) is 0.645. The highest BCUT2D eigenvalue weighted by Gasteiger charge is 2.20. The summed E-state index contributed by atoms with van der Waals surface area (Å²) in [5, 5.41) is 16.0. The number of hydrogen-bond donors (Lipinski definition) is 2. The monoisotopic (exact) mass is 168 g/mol. The van der Waals surface area contributed by atoms with E-state index in [2.05, 4.69) is 10.2 Å². The molecule has 1 aliphatic rings. The number of nitrogens with zero attached hydrogens (tertiary/aromatic N) is 1. The van der Waals surface area contributed by atoms with Crippen molar-refractivity contribution in [3.8, 4) is 5.75 Å². The van der Waals surface area contributed by atoms with Crippen LogP contribution in [-0.2, 0) is 4.74 Å². The first-order chi connectivity index (χ1) is 5.88. The molecule has 1 fully saturated rings. The Hall–Kier alpha value is -1.03. The fourth-order valence-electron chi connectivity index (χ4n) is 1.57. The van der Waals surface area contributed by atoms with E-state index in [1.807, 2.05) is 0 Å². The minimum absolute atomic E-state index is 0.280. The Morgan fingerprint density at radius 2 is 2.25 bits per heavy atom. The van der Waals surface area contributed by atoms with Gasteiger partial charge in [0.25, 0.3) is 0 Å². The maximum Gasteiger partial charge on any atom is 0.156 e. The number of aromatic hydroxyl groups is 1. The minimum atomic E-state index is 0.280. The molecule has 0 aromatic carbocycles. The zero-order chi connectivity index (χ0) is 8.39. The highest BCUT2D eigenvalue weighted by Crippen LogP contribution is 2.30. The van der Waals surface area contributed by atoms with E-state index in [0.29, 0.717) is 5.92 Å². The van der Waals surface area contributed by atoms with Gasteiger partial charge < -0.3 is 9.84 Å². The van der Waals surface area contributed by atoms with Gasteiger partial charge in [-0.3, -0.25) is 5.10 Å². The van der Waals surface area contributed by atoms with Crippen LogP contribution in [0.3, 0.4) is 0 Å². The van der Waals surface area contributed by atoms with Gasteiger partial charge in [0, 0.05) is 19.1 Å². The van der Waals surface area contributed by atoms with Crippen LogP contribution in [0.5, 0.6) is 5.75 Å². The van der Waals surface area contributed by atoms with Gasteiger partial charge in [-0.15, -0.1) is 0 Å². The van der Waals surface area contributed by atoms with E-state index >= 15 is 0 Å². The molecule has 0 bridgehead atoms. The van der Waals surface area contributed by atoms with Gasteiger partial charge in [-0.2, -0.15) is 5.10 Å². The first-order valence-electron chi connectivity index (χ1n) is 4.18. The zero-order valence-electron chi connectivity index (χ0n) is 6.79. The van der Waals surface area contributed by atoms with Crippen LogP contribution in [-0.4, -0.2) is 28.5 Å². The molecule has 1 aliphatic heterocycles. The molecule has 0 amide bonds. The normalized spacial score (nSPS) is 19.7. The minimum Gasteiger partial charge on any atom is -0.504 e. The van der Waals surface area contributed by atoms with Crippen molar-refractivity contribution in [2.75, 3.05) is 13.2 Å². The van der Waals surface area contributed by atoms with E-state index < -0.39 is 0 Å². The number of hydrogen-bond acceptors (Lipinski definition) is 3. The molecule has 1 saturated heterocycles. The second kappa shape index (κ2) is 3.15. The van der Waals surface area contributed by atoms with Crippen LogP contribution in [0.15, 0.2) is 6.20 Å². The third kappa shape index (κ3) is 1.30. The molecular weight excluding hydrogens is 156 g/mol. The maximum absolute atomic E-state index is 9.37. The summed E-state index contributed by atoms with van der Waals surface area (Å²) in [5.41, 5.74) is 0.790. The molecule has 12 heavy (non-hydrogen) atoms. The maximum atomic E-state index is 9.37. The van der Waals surface area contributed by atoms with Crippen LogP contribution in [0.4, 0.5) is 0 Å². The number of aromatic nitrogens is 2. The lowest BCUT2D eigenvalue weighted by molar-refractivity contribution is 0.0840.